The third-order valence-corrected chi connectivity index (χ3v) is 7.36. The number of fused-ring (bicyclic) bond motifs is 1. The summed E-state index contributed by atoms with van der Waals surface area (Å²) in [7, 11) is 0. The van der Waals surface area contributed by atoms with Crippen LogP contribution in [0.4, 0.5) is 5.69 Å². The normalized spacial score (nSPS) is 21.1. The van der Waals surface area contributed by atoms with Crippen molar-refractivity contribution in [3.8, 4) is 0 Å². The predicted octanol–water partition coefficient (Wildman–Crippen LogP) is 7.47. The zero-order valence-electron chi connectivity index (χ0n) is 18.6. The molecule has 0 radical (unpaired) electrons. The molecule has 2 aliphatic carbocycles. The summed E-state index contributed by atoms with van der Waals surface area (Å²) in [5.74, 6) is 0.868. The molecular weight excluding hydrogens is 370 g/mol. The van der Waals surface area contributed by atoms with Gasteiger partial charge in [0.05, 0.1) is 22.9 Å². The molecule has 0 unspecified atom stereocenters. The lowest BCUT2D eigenvalue weighted by molar-refractivity contribution is -0.120. The lowest BCUT2D eigenvalue weighted by atomic mass is 9.88. The monoisotopic (exact) mass is 409 g/mol. The van der Waals surface area contributed by atoms with Crippen LogP contribution in [0.1, 0.15) is 114 Å². The van der Waals surface area contributed by atoms with Crippen LogP contribution in [-0.2, 0) is 4.79 Å². The molecule has 2 aromatic rings. The van der Waals surface area contributed by atoms with Gasteiger partial charge in [0.15, 0.2) is 0 Å². The number of pyridine rings is 1. The van der Waals surface area contributed by atoms with Crippen LogP contribution in [0.3, 0.4) is 0 Å². The number of aromatic nitrogens is 2. The van der Waals surface area contributed by atoms with Crippen LogP contribution in [0.5, 0.6) is 0 Å². The summed E-state index contributed by atoms with van der Waals surface area (Å²) >= 11 is 0. The average molecular weight is 410 g/mol. The largest absolute Gasteiger partial charge is 0.360 e. The summed E-state index contributed by atoms with van der Waals surface area (Å²) in [5.41, 5.74) is 4.42. The number of amides is 1. The molecule has 2 fully saturated rings. The number of hydrogen-bond donors (Lipinski definition) is 2. The van der Waals surface area contributed by atoms with E-state index in [-0.39, 0.29) is 11.8 Å². The van der Waals surface area contributed by atoms with Crippen molar-refractivity contribution < 1.29 is 4.79 Å². The molecule has 164 valence electrons. The van der Waals surface area contributed by atoms with Gasteiger partial charge in [-0.05, 0) is 37.7 Å². The Morgan fingerprint density at radius 3 is 2.03 bits per heavy atom. The van der Waals surface area contributed by atoms with E-state index < -0.39 is 0 Å². The molecule has 2 heterocycles. The second kappa shape index (κ2) is 11.0. The van der Waals surface area contributed by atoms with Gasteiger partial charge in [0, 0.05) is 17.7 Å². The van der Waals surface area contributed by atoms with E-state index in [2.05, 4.69) is 21.4 Å². The smallest absolute Gasteiger partial charge is 0.227 e. The molecule has 4 nitrogen and oxygen atoms in total. The first-order valence-electron chi connectivity index (χ1n) is 12.6. The molecule has 4 rings (SSSR count). The van der Waals surface area contributed by atoms with Gasteiger partial charge in [-0.1, -0.05) is 77.0 Å². The maximum atomic E-state index is 13.3. The number of carbonyl (C=O) groups excluding carboxylic acids is 1. The number of nitrogens with zero attached hydrogens (tertiary/aromatic N) is 1. The van der Waals surface area contributed by atoms with Gasteiger partial charge in [0.2, 0.25) is 5.91 Å². The van der Waals surface area contributed by atoms with Crippen molar-refractivity contribution in [3.63, 3.8) is 0 Å². The summed E-state index contributed by atoms with van der Waals surface area (Å²) in [4.78, 5) is 21.4. The van der Waals surface area contributed by atoms with Crippen LogP contribution in [0.25, 0.3) is 11.0 Å². The minimum Gasteiger partial charge on any atom is -0.360 e. The minimum atomic E-state index is 0.149. The van der Waals surface area contributed by atoms with E-state index >= 15 is 0 Å². The minimum absolute atomic E-state index is 0.149. The molecule has 0 atom stereocenters. The molecular formula is C26H39N3O. The highest BCUT2D eigenvalue weighted by atomic mass is 16.1. The van der Waals surface area contributed by atoms with Gasteiger partial charge in [-0.3, -0.25) is 9.78 Å². The first kappa shape index (κ1) is 21.4. The Kier molecular flexibility index (Phi) is 7.82. The number of hydrogen-bond acceptors (Lipinski definition) is 2. The average Bonchev–Trinajstić information content (AvgIpc) is 3.30. The molecule has 2 saturated carbocycles. The number of H-pyrrole nitrogens is 1. The molecule has 0 saturated heterocycles. The molecule has 2 aliphatic rings. The van der Waals surface area contributed by atoms with Crippen molar-refractivity contribution in [1.82, 2.24) is 9.97 Å². The Morgan fingerprint density at radius 2 is 1.40 bits per heavy atom. The molecule has 1 amide bonds. The summed E-state index contributed by atoms with van der Waals surface area (Å²) < 4.78 is 0. The summed E-state index contributed by atoms with van der Waals surface area (Å²) in [6.07, 6.45) is 23.9. The van der Waals surface area contributed by atoms with Crippen LogP contribution in [0, 0.1) is 5.92 Å². The Hall–Kier alpha value is -1.84. The third kappa shape index (κ3) is 5.44. The highest BCUT2D eigenvalue weighted by Crippen LogP contribution is 2.38. The van der Waals surface area contributed by atoms with E-state index in [1.165, 1.54) is 95.5 Å². The van der Waals surface area contributed by atoms with E-state index in [4.69, 9.17) is 0 Å². The molecule has 4 heteroatoms. The fourth-order valence-electron chi connectivity index (χ4n) is 5.60. The van der Waals surface area contributed by atoms with Crippen molar-refractivity contribution in [2.45, 2.75) is 109 Å². The van der Waals surface area contributed by atoms with Gasteiger partial charge in [-0.25, -0.2) is 0 Å². The SMILES string of the molecule is O=C(Nc1cnc2cc[nH]c2c1C1CCCCCCCC1)C1CCCCCCCC1. The van der Waals surface area contributed by atoms with Gasteiger partial charge < -0.3 is 10.3 Å². The van der Waals surface area contributed by atoms with Crippen molar-refractivity contribution in [2.24, 2.45) is 5.92 Å². The van der Waals surface area contributed by atoms with Gasteiger partial charge in [0.25, 0.3) is 0 Å². The highest BCUT2D eigenvalue weighted by Gasteiger charge is 2.24. The van der Waals surface area contributed by atoms with Crippen LogP contribution >= 0.6 is 0 Å². The summed E-state index contributed by atoms with van der Waals surface area (Å²) in [5, 5.41) is 3.36. The van der Waals surface area contributed by atoms with Crippen molar-refractivity contribution in [1.29, 1.82) is 0 Å². The van der Waals surface area contributed by atoms with Gasteiger partial charge in [-0.15, -0.1) is 0 Å². The van der Waals surface area contributed by atoms with E-state index in [0.717, 1.165) is 29.6 Å². The Morgan fingerprint density at radius 1 is 0.833 bits per heavy atom. The summed E-state index contributed by atoms with van der Waals surface area (Å²) in [6, 6.07) is 2.05. The topological polar surface area (TPSA) is 57.8 Å². The highest BCUT2D eigenvalue weighted by molar-refractivity contribution is 5.96. The molecule has 0 aliphatic heterocycles. The van der Waals surface area contributed by atoms with Crippen LogP contribution in [-0.4, -0.2) is 15.9 Å². The fraction of sp³-hybridized carbons (Fsp3) is 0.692. The Bertz CT molecular complexity index is 792. The maximum Gasteiger partial charge on any atom is 0.227 e. The van der Waals surface area contributed by atoms with E-state index in [0.29, 0.717) is 5.92 Å². The standard InChI is InChI=1S/C26H39N3O/c30-26(21-15-11-7-3-4-8-12-16-21)29-23-19-28-22-17-18-27-25(22)24(23)20-13-9-5-1-2-6-10-14-20/h17-21,27H,1-16H2,(H,29,30). The van der Waals surface area contributed by atoms with Crippen LogP contribution in [0.15, 0.2) is 18.5 Å². The second-order valence-electron chi connectivity index (χ2n) is 9.60. The van der Waals surface area contributed by atoms with Gasteiger partial charge in [-0.2, -0.15) is 0 Å². The maximum absolute atomic E-state index is 13.3. The lowest BCUT2D eigenvalue weighted by Crippen LogP contribution is -2.24. The number of anilines is 1. The Labute approximate surface area is 181 Å². The fourth-order valence-corrected chi connectivity index (χ4v) is 5.60. The first-order chi connectivity index (χ1) is 14.8. The molecule has 0 spiro atoms. The van der Waals surface area contributed by atoms with Crippen molar-refractivity contribution >= 4 is 22.6 Å². The lowest BCUT2D eigenvalue weighted by Gasteiger charge is -2.23. The second-order valence-corrected chi connectivity index (χ2v) is 9.60. The number of aromatic amines is 1. The van der Waals surface area contributed by atoms with E-state index in [1.807, 2.05) is 12.4 Å². The zero-order valence-corrected chi connectivity index (χ0v) is 18.6. The first-order valence-corrected chi connectivity index (χ1v) is 12.6. The molecule has 0 bridgehead atoms. The van der Waals surface area contributed by atoms with Crippen molar-refractivity contribution in [2.75, 3.05) is 5.32 Å². The molecule has 2 aromatic heterocycles. The summed E-state index contributed by atoms with van der Waals surface area (Å²) in [6.45, 7) is 0. The van der Waals surface area contributed by atoms with E-state index in [9.17, 15) is 4.79 Å². The van der Waals surface area contributed by atoms with Crippen LogP contribution in [0.2, 0.25) is 0 Å². The third-order valence-electron chi connectivity index (χ3n) is 7.36. The van der Waals surface area contributed by atoms with Gasteiger partial charge >= 0.3 is 0 Å². The van der Waals surface area contributed by atoms with Gasteiger partial charge in [0.1, 0.15) is 0 Å². The van der Waals surface area contributed by atoms with E-state index in [1.54, 1.807) is 0 Å². The zero-order chi connectivity index (χ0) is 20.6. The van der Waals surface area contributed by atoms with Crippen molar-refractivity contribution in [3.05, 3.63) is 24.0 Å². The molecule has 0 aromatic carbocycles. The quantitative estimate of drug-likeness (QED) is 0.552. The predicted molar refractivity (Wildman–Crippen MR) is 125 cm³/mol. The number of rotatable bonds is 3. The number of carbonyl (C=O) groups is 1. The number of nitrogens with one attached hydrogen (secondary N) is 2. The molecule has 30 heavy (non-hydrogen) atoms. The Balaban J connectivity index is 1.58. The molecule has 2 N–H and O–H groups in total. The van der Waals surface area contributed by atoms with Crippen LogP contribution < -0.4 is 5.32 Å².